The van der Waals surface area contributed by atoms with Gasteiger partial charge in [-0.3, -0.25) is 4.79 Å². The zero-order valence-electron chi connectivity index (χ0n) is 10.7. The Hall–Kier alpha value is -1.45. The van der Waals surface area contributed by atoms with Crippen molar-refractivity contribution < 1.29 is 4.79 Å². The van der Waals surface area contributed by atoms with Gasteiger partial charge in [-0.15, -0.1) is 0 Å². The second kappa shape index (κ2) is 4.82. The summed E-state index contributed by atoms with van der Waals surface area (Å²) in [5, 5.41) is 0. The van der Waals surface area contributed by atoms with E-state index in [2.05, 4.69) is 16.9 Å². The van der Waals surface area contributed by atoms with Crippen LogP contribution in [0.2, 0.25) is 0 Å². The Balaban J connectivity index is 2.18. The molecule has 2 heterocycles. The number of piperidine rings is 1. The van der Waals surface area contributed by atoms with Gasteiger partial charge in [0.15, 0.2) is 0 Å². The topological polar surface area (TPSA) is 46.1 Å². The predicted octanol–water partition coefficient (Wildman–Crippen LogP) is 1.97. The molecular formula is C13H19N3O. The van der Waals surface area contributed by atoms with Crippen LogP contribution in [-0.4, -0.2) is 33.9 Å². The van der Waals surface area contributed by atoms with E-state index in [1.807, 2.05) is 24.8 Å². The predicted molar refractivity (Wildman–Crippen MR) is 65.8 cm³/mol. The molecule has 4 heteroatoms. The molecule has 17 heavy (non-hydrogen) atoms. The van der Waals surface area contributed by atoms with Crippen LogP contribution in [-0.2, 0) is 0 Å². The smallest absolute Gasteiger partial charge is 0.291 e. The first-order valence-electron chi connectivity index (χ1n) is 6.18. The van der Waals surface area contributed by atoms with Crippen molar-refractivity contribution in [3.8, 4) is 0 Å². The van der Waals surface area contributed by atoms with Crippen LogP contribution in [0.5, 0.6) is 0 Å². The minimum Gasteiger partial charge on any atom is -0.336 e. The van der Waals surface area contributed by atoms with E-state index in [4.69, 9.17) is 0 Å². The van der Waals surface area contributed by atoms with E-state index in [-0.39, 0.29) is 5.91 Å². The number of hydrogen-bond acceptors (Lipinski definition) is 3. The van der Waals surface area contributed by atoms with E-state index in [0.717, 1.165) is 30.9 Å². The number of aryl methyl sites for hydroxylation is 2. The Bertz CT molecular complexity index is 410. The molecule has 1 saturated heterocycles. The SMILES string of the molecule is Cc1cc(C)nc(C(=O)N2CCCC(C)C2)n1. The number of carbonyl (C=O) groups is 1. The summed E-state index contributed by atoms with van der Waals surface area (Å²) in [5.74, 6) is 0.901. The van der Waals surface area contributed by atoms with Gasteiger partial charge in [0.25, 0.3) is 5.91 Å². The molecule has 0 saturated carbocycles. The third-order valence-corrected chi connectivity index (χ3v) is 3.12. The van der Waals surface area contributed by atoms with Crippen LogP contribution in [0, 0.1) is 19.8 Å². The van der Waals surface area contributed by atoms with E-state index in [9.17, 15) is 4.79 Å². The molecule has 2 rings (SSSR count). The van der Waals surface area contributed by atoms with Gasteiger partial charge in [0.2, 0.25) is 5.82 Å². The minimum absolute atomic E-state index is 0.0247. The lowest BCUT2D eigenvalue weighted by Crippen LogP contribution is -2.40. The molecule has 92 valence electrons. The Morgan fingerprint density at radius 2 is 2.00 bits per heavy atom. The Labute approximate surface area is 102 Å². The summed E-state index contributed by atoms with van der Waals surface area (Å²) >= 11 is 0. The summed E-state index contributed by atoms with van der Waals surface area (Å²) < 4.78 is 0. The third-order valence-electron chi connectivity index (χ3n) is 3.12. The average molecular weight is 233 g/mol. The van der Waals surface area contributed by atoms with E-state index in [1.54, 1.807) is 0 Å². The van der Waals surface area contributed by atoms with Crippen molar-refractivity contribution in [2.24, 2.45) is 5.92 Å². The molecule has 4 nitrogen and oxygen atoms in total. The van der Waals surface area contributed by atoms with Gasteiger partial charge in [-0.1, -0.05) is 6.92 Å². The lowest BCUT2D eigenvalue weighted by molar-refractivity contribution is 0.0670. The molecule has 1 aromatic heterocycles. The van der Waals surface area contributed by atoms with Crippen molar-refractivity contribution in [3.05, 3.63) is 23.3 Å². The Kier molecular flexibility index (Phi) is 3.41. The van der Waals surface area contributed by atoms with E-state index < -0.39 is 0 Å². The molecule has 0 aromatic carbocycles. The standard InChI is InChI=1S/C13H19N3O/c1-9-5-4-6-16(8-9)13(17)12-14-10(2)7-11(3)15-12/h7,9H,4-6,8H2,1-3H3. The maximum absolute atomic E-state index is 12.3. The largest absolute Gasteiger partial charge is 0.336 e. The first kappa shape index (κ1) is 12.0. The fourth-order valence-electron chi connectivity index (χ4n) is 2.34. The molecule has 1 aliphatic heterocycles. The van der Waals surface area contributed by atoms with Crippen LogP contribution in [0.15, 0.2) is 6.07 Å². The number of nitrogens with zero attached hydrogens (tertiary/aromatic N) is 3. The molecule has 1 atom stereocenters. The molecule has 0 N–H and O–H groups in total. The number of aromatic nitrogens is 2. The second-order valence-electron chi connectivity index (χ2n) is 4.97. The Morgan fingerprint density at radius 3 is 2.59 bits per heavy atom. The molecule has 0 radical (unpaired) electrons. The van der Waals surface area contributed by atoms with Gasteiger partial charge < -0.3 is 4.90 Å². The van der Waals surface area contributed by atoms with Crippen molar-refractivity contribution in [1.29, 1.82) is 0 Å². The van der Waals surface area contributed by atoms with E-state index in [0.29, 0.717) is 11.7 Å². The first-order valence-corrected chi connectivity index (χ1v) is 6.18. The third kappa shape index (κ3) is 2.81. The maximum atomic E-state index is 12.3. The highest BCUT2D eigenvalue weighted by Crippen LogP contribution is 2.17. The Morgan fingerprint density at radius 1 is 1.35 bits per heavy atom. The van der Waals surface area contributed by atoms with E-state index >= 15 is 0 Å². The summed E-state index contributed by atoms with van der Waals surface area (Å²) in [5.41, 5.74) is 1.71. The van der Waals surface area contributed by atoms with Gasteiger partial charge in [0.05, 0.1) is 0 Å². The van der Waals surface area contributed by atoms with Crippen LogP contribution in [0.25, 0.3) is 0 Å². The van der Waals surface area contributed by atoms with E-state index in [1.165, 1.54) is 6.42 Å². The fourth-order valence-corrected chi connectivity index (χ4v) is 2.34. The molecular weight excluding hydrogens is 214 g/mol. The van der Waals surface area contributed by atoms with Crippen molar-refractivity contribution in [2.45, 2.75) is 33.6 Å². The molecule has 1 aromatic rings. The molecule has 1 amide bonds. The van der Waals surface area contributed by atoms with Crippen molar-refractivity contribution in [2.75, 3.05) is 13.1 Å². The van der Waals surface area contributed by atoms with Gasteiger partial charge in [-0.25, -0.2) is 9.97 Å². The highest BCUT2D eigenvalue weighted by atomic mass is 16.2. The van der Waals surface area contributed by atoms with Gasteiger partial charge in [0.1, 0.15) is 0 Å². The van der Waals surface area contributed by atoms with Gasteiger partial charge >= 0.3 is 0 Å². The quantitative estimate of drug-likeness (QED) is 0.745. The van der Waals surface area contributed by atoms with Crippen LogP contribution < -0.4 is 0 Å². The van der Waals surface area contributed by atoms with Crippen molar-refractivity contribution in [3.63, 3.8) is 0 Å². The molecule has 1 fully saturated rings. The number of likely N-dealkylation sites (tertiary alicyclic amines) is 1. The average Bonchev–Trinajstić information content (AvgIpc) is 2.26. The first-order chi connectivity index (χ1) is 8.06. The lowest BCUT2D eigenvalue weighted by atomic mass is 10.0. The summed E-state index contributed by atoms with van der Waals surface area (Å²) in [4.78, 5) is 22.6. The minimum atomic E-state index is -0.0247. The zero-order valence-corrected chi connectivity index (χ0v) is 10.7. The van der Waals surface area contributed by atoms with Crippen molar-refractivity contribution in [1.82, 2.24) is 14.9 Å². The van der Waals surface area contributed by atoms with Crippen LogP contribution >= 0.6 is 0 Å². The fraction of sp³-hybridized carbons (Fsp3) is 0.615. The normalized spacial score (nSPS) is 20.4. The van der Waals surface area contributed by atoms with Gasteiger partial charge in [-0.2, -0.15) is 0 Å². The van der Waals surface area contributed by atoms with Crippen LogP contribution in [0.3, 0.4) is 0 Å². The molecule has 0 aliphatic carbocycles. The molecule has 0 bridgehead atoms. The van der Waals surface area contributed by atoms with Gasteiger partial charge in [0, 0.05) is 24.5 Å². The molecule has 0 spiro atoms. The summed E-state index contributed by atoms with van der Waals surface area (Å²) in [6.45, 7) is 7.63. The second-order valence-corrected chi connectivity index (χ2v) is 4.97. The monoisotopic (exact) mass is 233 g/mol. The molecule has 1 aliphatic rings. The summed E-state index contributed by atoms with van der Waals surface area (Å²) in [7, 11) is 0. The number of hydrogen-bond donors (Lipinski definition) is 0. The zero-order chi connectivity index (χ0) is 12.4. The molecule has 1 unspecified atom stereocenters. The summed E-state index contributed by atoms with van der Waals surface area (Å²) in [6, 6.07) is 1.88. The highest BCUT2D eigenvalue weighted by molar-refractivity contribution is 5.90. The van der Waals surface area contributed by atoms with Crippen molar-refractivity contribution >= 4 is 5.91 Å². The highest BCUT2D eigenvalue weighted by Gasteiger charge is 2.23. The number of amides is 1. The summed E-state index contributed by atoms with van der Waals surface area (Å²) in [6.07, 6.45) is 2.29. The lowest BCUT2D eigenvalue weighted by Gasteiger charge is -2.30. The van der Waals surface area contributed by atoms with Gasteiger partial charge in [-0.05, 0) is 38.7 Å². The van der Waals surface area contributed by atoms with Crippen LogP contribution in [0.1, 0.15) is 41.8 Å². The maximum Gasteiger partial charge on any atom is 0.291 e. The van der Waals surface area contributed by atoms with Crippen LogP contribution in [0.4, 0.5) is 0 Å². The number of rotatable bonds is 1. The number of carbonyl (C=O) groups excluding carboxylic acids is 1.